The molecule has 0 unspecified atom stereocenters. The van der Waals surface area contributed by atoms with Gasteiger partial charge in [0, 0.05) is 0 Å². The van der Waals surface area contributed by atoms with Gasteiger partial charge in [-0.05, 0) is 80.0 Å². The Hall–Kier alpha value is -2.27. The largest absolute Gasteiger partial charge is 0.481 e. The van der Waals surface area contributed by atoms with Crippen molar-refractivity contribution in [1.29, 1.82) is 0 Å². The van der Waals surface area contributed by atoms with Gasteiger partial charge < -0.3 is 10.1 Å². The van der Waals surface area contributed by atoms with E-state index in [1.807, 2.05) is 0 Å². The van der Waals surface area contributed by atoms with E-state index in [1.54, 1.807) is 36.4 Å². The third-order valence-corrected chi connectivity index (χ3v) is 5.48. The Balaban J connectivity index is 1.72. The predicted octanol–water partition coefficient (Wildman–Crippen LogP) is 3.80. The number of ether oxygens (including phenoxy) is 1. The lowest BCUT2D eigenvalue weighted by Gasteiger charge is -2.16. The number of amides is 3. The second kappa shape index (κ2) is 9.69. The number of benzene rings is 2. The van der Waals surface area contributed by atoms with Crippen molar-refractivity contribution in [3.8, 4) is 5.75 Å². The van der Waals surface area contributed by atoms with Crippen molar-refractivity contribution in [2.24, 2.45) is 0 Å². The summed E-state index contributed by atoms with van der Waals surface area (Å²) < 4.78 is 6.63. The van der Waals surface area contributed by atoms with Crippen LogP contribution in [-0.2, 0) is 14.4 Å². The summed E-state index contributed by atoms with van der Waals surface area (Å²) in [5.41, 5.74) is 0.946. The molecule has 11 heteroatoms. The highest BCUT2D eigenvalue weighted by Gasteiger charge is 2.25. The number of nitrogens with one attached hydrogen (secondary N) is 3. The first-order valence-electron chi connectivity index (χ1n) is 8.29. The van der Waals surface area contributed by atoms with Crippen LogP contribution in [0, 0.1) is 0 Å². The Morgan fingerprint density at radius 1 is 1.13 bits per heavy atom. The molecule has 0 saturated carbocycles. The van der Waals surface area contributed by atoms with Crippen LogP contribution in [0.2, 0.25) is 5.02 Å². The summed E-state index contributed by atoms with van der Waals surface area (Å²) in [6, 6.07) is 10.1. The molecule has 2 aromatic rings. The van der Waals surface area contributed by atoms with E-state index in [0.717, 1.165) is 0 Å². The average molecular weight is 574 g/mol. The van der Waals surface area contributed by atoms with E-state index in [0.29, 0.717) is 31.0 Å². The first-order valence-corrected chi connectivity index (χ1v) is 10.7. The quantitative estimate of drug-likeness (QED) is 0.287. The molecular weight excluding hydrogens is 562 g/mol. The molecule has 0 spiro atoms. The fraction of sp³-hybridized carbons (Fsp3) is 0.0526. The van der Waals surface area contributed by atoms with E-state index in [2.05, 4.69) is 47.8 Å². The lowest BCUT2D eigenvalue weighted by Crippen LogP contribution is -2.51. The van der Waals surface area contributed by atoms with Gasteiger partial charge in [0.15, 0.2) is 11.7 Å². The summed E-state index contributed by atoms with van der Waals surface area (Å²) in [5, 5.41) is 7.78. The molecule has 0 radical (unpaired) electrons. The average Bonchev–Trinajstić information content (AvgIpc) is 2.66. The van der Waals surface area contributed by atoms with Crippen molar-refractivity contribution in [3.63, 3.8) is 0 Å². The van der Waals surface area contributed by atoms with Crippen LogP contribution in [0.25, 0.3) is 6.08 Å². The Bertz CT molecular complexity index is 1060. The number of carbonyl (C=O) groups is 3. The van der Waals surface area contributed by atoms with E-state index in [1.165, 1.54) is 6.08 Å². The van der Waals surface area contributed by atoms with Crippen LogP contribution in [-0.4, -0.2) is 29.4 Å². The lowest BCUT2D eigenvalue weighted by molar-refractivity contribution is -0.123. The fourth-order valence-corrected chi connectivity index (χ4v) is 4.28. The van der Waals surface area contributed by atoms with Gasteiger partial charge in [-0.3, -0.25) is 25.0 Å². The molecule has 3 amide bonds. The molecule has 154 valence electrons. The molecule has 30 heavy (non-hydrogen) atoms. The van der Waals surface area contributed by atoms with Crippen molar-refractivity contribution in [1.82, 2.24) is 10.6 Å². The molecule has 1 fully saturated rings. The van der Waals surface area contributed by atoms with Crippen LogP contribution in [0.15, 0.2) is 50.9 Å². The molecule has 3 rings (SSSR count). The summed E-state index contributed by atoms with van der Waals surface area (Å²) in [6.07, 6.45) is 1.41. The molecule has 3 N–H and O–H groups in total. The predicted molar refractivity (Wildman–Crippen MR) is 124 cm³/mol. The van der Waals surface area contributed by atoms with Gasteiger partial charge in [0.2, 0.25) is 0 Å². The van der Waals surface area contributed by atoms with Crippen molar-refractivity contribution < 1.29 is 19.1 Å². The van der Waals surface area contributed by atoms with E-state index in [9.17, 15) is 14.4 Å². The minimum Gasteiger partial charge on any atom is -0.481 e. The van der Waals surface area contributed by atoms with Crippen LogP contribution in [0.1, 0.15) is 5.56 Å². The Morgan fingerprint density at radius 3 is 2.33 bits per heavy atom. The fourth-order valence-electron chi connectivity index (χ4n) is 2.46. The Kier molecular flexibility index (Phi) is 7.24. The Labute approximate surface area is 198 Å². The zero-order valence-corrected chi connectivity index (χ0v) is 19.7. The van der Waals surface area contributed by atoms with Gasteiger partial charge in [-0.2, -0.15) is 0 Å². The van der Waals surface area contributed by atoms with Gasteiger partial charge in [0.25, 0.3) is 17.7 Å². The highest BCUT2D eigenvalue weighted by Crippen LogP contribution is 2.35. The maximum Gasteiger partial charge on any atom is 0.263 e. The summed E-state index contributed by atoms with van der Waals surface area (Å²) in [6.45, 7) is -0.259. The van der Waals surface area contributed by atoms with Gasteiger partial charge in [-0.1, -0.05) is 23.7 Å². The van der Waals surface area contributed by atoms with Gasteiger partial charge in [0.05, 0.1) is 19.7 Å². The maximum atomic E-state index is 12.2. The zero-order valence-electron chi connectivity index (χ0n) is 14.9. The highest BCUT2D eigenvalue weighted by atomic mass is 79.9. The molecule has 0 aliphatic carbocycles. The van der Waals surface area contributed by atoms with Crippen molar-refractivity contribution >= 4 is 90.3 Å². The van der Waals surface area contributed by atoms with Gasteiger partial charge >= 0.3 is 0 Å². The van der Waals surface area contributed by atoms with Gasteiger partial charge in [-0.25, -0.2) is 0 Å². The van der Waals surface area contributed by atoms with Gasteiger partial charge in [-0.15, -0.1) is 0 Å². The monoisotopic (exact) mass is 571 g/mol. The van der Waals surface area contributed by atoms with Crippen molar-refractivity contribution in [2.45, 2.75) is 0 Å². The van der Waals surface area contributed by atoms with E-state index in [4.69, 9.17) is 28.6 Å². The van der Waals surface area contributed by atoms with Gasteiger partial charge in [0.1, 0.15) is 11.3 Å². The second-order valence-corrected chi connectivity index (χ2v) is 8.45. The van der Waals surface area contributed by atoms with Crippen LogP contribution < -0.4 is 20.7 Å². The minimum absolute atomic E-state index is 0.0386. The standard InChI is InChI=1S/C19H12Br2ClN3O4S/c20-11-6-9(5-10-17(27)24-19(30)25-18(10)28)7-12(21)16(11)29-8-15(26)23-14-4-2-1-3-13(14)22/h1-7H,8H2,(H,23,26)(H2,24,25,27,28,30). The number of para-hydroxylation sites is 1. The van der Waals surface area contributed by atoms with Crippen LogP contribution in [0.3, 0.4) is 0 Å². The number of hydrogen-bond donors (Lipinski definition) is 3. The smallest absolute Gasteiger partial charge is 0.263 e. The molecule has 0 bridgehead atoms. The van der Waals surface area contributed by atoms with Crippen LogP contribution >= 0.6 is 55.7 Å². The third kappa shape index (κ3) is 5.45. The van der Waals surface area contributed by atoms with Crippen LogP contribution in [0.4, 0.5) is 5.69 Å². The molecule has 1 aliphatic heterocycles. The van der Waals surface area contributed by atoms with Crippen molar-refractivity contribution in [2.75, 3.05) is 11.9 Å². The zero-order chi connectivity index (χ0) is 21.8. The topological polar surface area (TPSA) is 96.5 Å². The molecule has 0 atom stereocenters. The number of hydrogen-bond acceptors (Lipinski definition) is 5. The SMILES string of the molecule is O=C(COc1c(Br)cc(C=C2C(=O)NC(=S)NC2=O)cc1Br)Nc1ccccc1Cl. The highest BCUT2D eigenvalue weighted by molar-refractivity contribution is 9.11. The Morgan fingerprint density at radius 2 is 1.73 bits per heavy atom. The van der Waals surface area contributed by atoms with Crippen molar-refractivity contribution in [3.05, 3.63) is 61.5 Å². The molecule has 7 nitrogen and oxygen atoms in total. The maximum absolute atomic E-state index is 12.2. The summed E-state index contributed by atoms with van der Waals surface area (Å²) >= 11 is 17.5. The third-order valence-electron chi connectivity index (χ3n) is 3.77. The first kappa shape index (κ1) is 22.4. The molecule has 1 aliphatic rings. The molecule has 1 saturated heterocycles. The summed E-state index contributed by atoms with van der Waals surface area (Å²) in [4.78, 5) is 36.1. The molecular formula is C19H12Br2ClN3O4S. The number of anilines is 1. The molecule has 2 aromatic carbocycles. The second-order valence-electron chi connectivity index (χ2n) is 5.93. The molecule has 1 heterocycles. The normalized spacial score (nSPS) is 13.4. The number of rotatable bonds is 5. The number of halogens is 3. The van der Waals surface area contributed by atoms with E-state index < -0.39 is 11.8 Å². The molecule has 0 aromatic heterocycles. The minimum atomic E-state index is -0.590. The van der Waals surface area contributed by atoms with E-state index in [-0.39, 0.29) is 23.2 Å². The lowest BCUT2D eigenvalue weighted by atomic mass is 10.1. The summed E-state index contributed by atoms with van der Waals surface area (Å²) in [5.74, 6) is -1.19. The van der Waals surface area contributed by atoms with Crippen LogP contribution in [0.5, 0.6) is 5.75 Å². The number of carbonyl (C=O) groups excluding carboxylic acids is 3. The van der Waals surface area contributed by atoms with E-state index >= 15 is 0 Å². The summed E-state index contributed by atoms with van der Waals surface area (Å²) in [7, 11) is 0. The first-order chi connectivity index (χ1) is 14.2. The number of thiocarbonyl (C=S) groups is 1.